The van der Waals surface area contributed by atoms with Gasteiger partial charge in [-0.15, -0.1) is 0 Å². The Hall–Kier alpha value is -0.880. The number of hydrogen-bond acceptors (Lipinski definition) is 3. The van der Waals surface area contributed by atoms with Crippen molar-refractivity contribution in [2.45, 2.75) is 45.1 Å². The molecule has 1 aromatic rings. The minimum absolute atomic E-state index is 0.0748. The van der Waals surface area contributed by atoms with Crippen LogP contribution in [0.1, 0.15) is 55.2 Å². The minimum atomic E-state index is -0.0748. The Kier molecular flexibility index (Phi) is 5.21. The van der Waals surface area contributed by atoms with Gasteiger partial charge in [0.2, 0.25) is 0 Å². The molecule has 112 valence electrons. The topological polar surface area (TPSA) is 58.2 Å². The van der Waals surface area contributed by atoms with Gasteiger partial charge in [0.25, 0.3) is 5.91 Å². The second-order valence-corrected chi connectivity index (χ2v) is 6.42. The van der Waals surface area contributed by atoms with Crippen molar-refractivity contribution in [1.82, 2.24) is 15.1 Å². The zero-order valence-electron chi connectivity index (χ0n) is 12.3. The smallest absolute Gasteiger partial charge is 0.275 e. The zero-order valence-corrected chi connectivity index (χ0v) is 13.9. The summed E-state index contributed by atoms with van der Waals surface area (Å²) < 4.78 is 6.45. The molecule has 1 aliphatic rings. The molecule has 1 atom stereocenters. The molecule has 1 amide bonds. The molecule has 1 N–H and O–H groups in total. The van der Waals surface area contributed by atoms with Crippen LogP contribution in [-0.4, -0.2) is 47.3 Å². The molecular weight excluding hydrogens is 322 g/mol. The number of halogens is 1. The van der Waals surface area contributed by atoms with Crippen LogP contribution in [0.5, 0.6) is 0 Å². The molecule has 0 saturated carbocycles. The summed E-state index contributed by atoms with van der Waals surface area (Å²) in [7, 11) is 1.80. The van der Waals surface area contributed by atoms with E-state index in [1.165, 1.54) is 6.42 Å². The fourth-order valence-corrected chi connectivity index (χ4v) is 3.19. The number of aromatic amines is 1. The van der Waals surface area contributed by atoms with Crippen molar-refractivity contribution in [3.63, 3.8) is 0 Å². The Balaban J connectivity index is 2.02. The standard InChI is InChI=1S/C14H22BrN3O2/c1-9(2)12-11(15)13(17-16-12)14(19)18(3)8-10-6-4-5-7-20-10/h9-10H,4-8H2,1-3H3,(H,16,17)/t10-/m1/s1. The van der Waals surface area contributed by atoms with Crippen molar-refractivity contribution in [1.29, 1.82) is 0 Å². The van der Waals surface area contributed by atoms with Gasteiger partial charge in [-0.25, -0.2) is 0 Å². The van der Waals surface area contributed by atoms with Crippen molar-refractivity contribution in [2.24, 2.45) is 0 Å². The SMILES string of the molecule is CC(C)c1[nH]nc(C(=O)N(C)C[C@H]2CCCCO2)c1Br. The number of likely N-dealkylation sites (N-methyl/N-ethyl adjacent to an activating group) is 1. The number of ether oxygens (including phenoxy) is 1. The van der Waals surface area contributed by atoms with Gasteiger partial charge in [-0.3, -0.25) is 9.89 Å². The molecule has 0 unspecified atom stereocenters. The van der Waals surface area contributed by atoms with Crippen LogP contribution in [0.15, 0.2) is 4.47 Å². The van der Waals surface area contributed by atoms with Crippen LogP contribution in [0, 0.1) is 0 Å². The number of carbonyl (C=O) groups excluding carboxylic acids is 1. The van der Waals surface area contributed by atoms with Crippen LogP contribution >= 0.6 is 15.9 Å². The van der Waals surface area contributed by atoms with Crippen molar-refractivity contribution in [3.05, 3.63) is 15.9 Å². The second kappa shape index (κ2) is 6.72. The summed E-state index contributed by atoms with van der Waals surface area (Å²) in [5.41, 5.74) is 1.41. The van der Waals surface area contributed by atoms with Crippen LogP contribution in [-0.2, 0) is 4.74 Å². The lowest BCUT2D eigenvalue weighted by atomic mass is 10.1. The first kappa shape index (κ1) is 15.5. The number of H-pyrrole nitrogens is 1. The Morgan fingerprint density at radius 2 is 2.30 bits per heavy atom. The highest BCUT2D eigenvalue weighted by molar-refractivity contribution is 9.10. The van der Waals surface area contributed by atoms with Gasteiger partial charge in [0.05, 0.1) is 16.3 Å². The van der Waals surface area contributed by atoms with Crippen molar-refractivity contribution < 1.29 is 9.53 Å². The normalized spacial score (nSPS) is 19.4. The quantitative estimate of drug-likeness (QED) is 0.914. The molecule has 1 aromatic heterocycles. The van der Waals surface area contributed by atoms with Gasteiger partial charge in [0.15, 0.2) is 5.69 Å². The van der Waals surface area contributed by atoms with Crippen LogP contribution in [0.3, 0.4) is 0 Å². The highest BCUT2D eigenvalue weighted by Crippen LogP contribution is 2.26. The van der Waals surface area contributed by atoms with E-state index < -0.39 is 0 Å². The van der Waals surface area contributed by atoms with Crippen molar-refractivity contribution in [2.75, 3.05) is 20.2 Å². The average Bonchev–Trinajstić information content (AvgIpc) is 2.81. The number of amides is 1. The summed E-state index contributed by atoms with van der Waals surface area (Å²) in [6, 6.07) is 0. The second-order valence-electron chi connectivity index (χ2n) is 5.63. The lowest BCUT2D eigenvalue weighted by Crippen LogP contribution is -2.37. The molecule has 1 aliphatic heterocycles. The average molecular weight is 344 g/mol. The summed E-state index contributed by atoms with van der Waals surface area (Å²) in [4.78, 5) is 14.1. The highest BCUT2D eigenvalue weighted by Gasteiger charge is 2.24. The number of rotatable bonds is 4. The molecule has 1 fully saturated rings. The van der Waals surface area contributed by atoms with E-state index in [9.17, 15) is 4.79 Å². The molecule has 2 heterocycles. The van der Waals surface area contributed by atoms with Gasteiger partial charge >= 0.3 is 0 Å². The van der Waals surface area contributed by atoms with E-state index >= 15 is 0 Å². The van der Waals surface area contributed by atoms with Crippen LogP contribution < -0.4 is 0 Å². The third-order valence-electron chi connectivity index (χ3n) is 3.61. The third kappa shape index (κ3) is 3.41. The Morgan fingerprint density at radius 3 is 2.85 bits per heavy atom. The van der Waals surface area contributed by atoms with Gasteiger partial charge in [0.1, 0.15) is 0 Å². The number of nitrogens with one attached hydrogen (secondary N) is 1. The van der Waals surface area contributed by atoms with E-state index in [1.807, 2.05) is 0 Å². The maximum absolute atomic E-state index is 12.4. The molecule has 0 spiro atoms. The predicted molar refractivity (Wildman–Crippen MR) is 80.9 cm³/mol. The van der Waals surface area contributed by atoms with Crippen LogP contribution in [0.2, 0.25) is 0 Å². The van der Waals surface area contributed by atoms with Gasteiger partial charge in [-0.2, -0.15) is 5.10 Å². The van der Waals surface area contributed by atoms with E-state index in [0.717, 1.165) is 29.6 Å². The van der Waals surface area contributed by atoms with Gasteiger partial charge in [-0.1, -0.05) is 13.8 Å². The molecule has 0 aliphatic carbocycles. The molecule has 6 heteroatoms. The van der Waals surface area contributed by atoms with E-state index in [1.54, 1.807) is 11.9 Å². The predicted octanol–water partition coefficient (Wildman–Crippen LogP) is 2.94. The summed E-state index contributed by atoms with van der Waals surface area (Å²) in [5, 5.41) is 7.08. The Labute approximate surface area is 128 Å². The zero-order chi connectivity index (χ0) is 14.7. The van der Waals surface area contributed by atoms with Crippen LogP contribution in [0.25, 0.3) is 0 Å². The van der Waals surface area contributed by atoms with Crippen molar-refractivity contribution in [3.8, 4) is 0 Å². The first-order chi connectivity index (χ1) is 9.50. The van der Waals surface area contributed by atoms with Crippen molar-refractivity contribution >= 4 is 21.8 Å². The molecule has 0 aromatic carbocycles. The van der Waals surface area contributed by atoms with E-state index in [2.05, 4.69) is 40.0 Å². The first-order valence-corrected chi connectivity index (χ1v) is 7.90. The maximum atomic E-state index is 12.4. The van der Waals surface area contributed by atoms with Gasteiger partial charge in [-0.05, 0) is 41.1 Å². The summed E-state index contributed by atoms with van der Waals surface area (Å²) >= 11 is 3.47. The minimum Gasteiger partial charge on any atom is -0.376 e. The fraction of sp³-hybridized carbons (Fsp3) is 0.714. The third-order valence-corrected chi connectivity index (χ3v) is 4.41. The monoisotopic (exact) mass is 343 g/mol. The lowest BCUT2D eigenvalue weighted by Gasteiger charge is -2.27. The number of carbonyl (C=O) groups is 1. The number of hydrogen-bond donors (Lipinski definition) is 1. The van der Waals surface area contributed by atoms with E-state index in [4.69, 9.17) is 4.74 Å². The molecule has 0 radical (unpaired) electrons. The van der Waals surface area contributed by atoms with Gasteiger partial charge in [0, 0.05) is 20.2 Å². The summed E-state index contributed by atoms with van der Waals surface area (Å²) in [6.45, 7) is 5.55. The molecule has 5 nitrogen and oxygen atoms in total. The fourth-order valence-electron chi connectivity index (χ4n) is 2.39. The summed E-state index contributed by atoms with van der Waals surface area (Å²) in [6.07, 6.45) is 3.48. The molecular formula is C14H22BrN3O2. The molecule has 0 bridgehead atoms. The van der Waals surface area contributed by atoms with Crippen LogP contribution in [0.4, 0.5) is 0 Å². The first-order valence-electron chi connectivity index (χ1n) is 7.11. The molecule has 2 rings (SSSR count). The lowest BCUT2D eigenvalue weighted by molar-refractivity contribution is -0.000308. The molecule has 20 heavy (non-hydrogen) atoms. The maximum Gasteiger partial charge on any atom is 0.275 e. The largest absolute Gasteiger partial charge is 0.376 e. The van der Waals surface area contributed by atoms with Gasteiger partial charge < -0.3 is 9.64 Å². The van der Waals surface area contributed by atoms with E-state index in [-0.39, 0.29) is 12.0 Å². The highest BCUT2D eigenvalue weighted by atomic mass is 79.9. The summed E-state index contributed by atoms with van der Waals surface area (Å²) in [5.74, 6) is 0.222. The Morgan fingerprint density at radius 1 is 1.55 bits per heavy atom. The number of aromatic nitrogens is 2. The number of nitrogens with zero attached hydrogens (tertiary/aromatic N) is 2. The Bertz CT molecular complexity index is 467. The molecule has 1 saturated heterocycles. The van der Waals surface area contributed by atoms with E-state index in [0.29, 0.717) is 18.2 Å².